The Labute approximate surface area is 86.0 Å². The van der Waals surface area contributed by atoms with Gasteiger partial charge in [0.2, 0.25) is 0 Å². The van der Waals surface area contributed by atoms with Crippen molar-refractivity contribution in [1.29, 1.82) is 0 Å². The van der Waals surface area contributed by atoms with Gasteiger partial charge in [0.1, 0.15) is 0 Å². The summed E-state index contributed by atoms with van der Waals surface area (Å²) in [6.45, 7) is 0. The van der Waals surface area contributed by atoms with Crippen molar-refractivity contribution in [1.82, 2.24) is 0 Å². The van der Waals surface area contributed by atoms with E-state index in [2.05, 4.69) is 48.6 Å². The first-order chi connectivity index (χ1) is 6.97. The average Bonchev–Trinajstić information content (AvgIpc) is 2.62. The van der Waals surface area contributed by atoms with Crippen molar-refractivity contribution in [2.45, 2.75) is 25.7 Å². The fourth-order valence-corrected chi connectivity index (χ4v) is 1.76. The Morgan fingerprint density at radius 2 is 2.07 bits per heavy atom. The van der Waals surface area contributed by atoms with E-state index < -0.39 is 0 Å². The van der Waals surface area contributed by atoms with Crippen molar-refractivity contribution in [3.8, 4) is 0 Å². The highest BCUT2D eigenvalue weighted by Gasteiger charge is 2.03. The molecule has 1 radical (unpaired) electrons. The first-order valence-electron chi connectivity index (χ1n) is 5.25. The van der Waals surface area contributed by atoms with E-state index >= 15 is 0 Å². The fourth-order valence-electron chi connectivity index (χ4n) is 1.76. The first kappa shape index (κ1) is 9.26. The molecule has 0 aromatic carbocycles. The topological polar surface area (TPSA) is 0 Å². The van der Waals surface area contributed by atoms with Gasteiger partial charge in [-0.3, -0.25) is 0 Å². The van der Waals surface area contributed by atoms with Crippen molar-refractivity contribution in [2.24, 2.45) is 0 Å². The maximum Gasteiger partial charge on any atom is -0.00852 e. The predicted molar refractivity (Wildman–Crippen MR) is 60.7 cm³/mol. The number of hydrogen-bond acceptors (Lipinski definition) is 0. The third-order valence-corrected chi connectivity index (χ3v) is 2.51. The van der Waals surface area contributed by atoms with E-state index in [0.717, 1.165) is 25.7 Å². The summed E-state index contributed by atoms with van der Waals surface area (Å²) in [5.41, 5.74) is 2.74. The second-order valence-electron chi connectivity index (χ2n) is 3.56. The molecule has 0 aliphatic heterocycles. The summed E-state index contributed by atoms with van der Waals surface area (Å²) < 4.78 is 0. The lowest BCUT2D eigenvalue weighted by atomic mass is 10.0. The van der Waals surface area contributed by atoms with Crippen molar-refractivity contribution in [2.75, 3.05) is 0 Å². The third-order valence-electron chi connectivity index (χ3n) is 2.51. The first-order valence-corrected chi connectivity index (χ1v) is 5.25. The zero-order valence-corrected chi connectivity index (χ0v) is 8.37. The van der Waals surface area contributed by atoms with Crippen LogP contribution in [-0.2, 0) is 0 Å². The standard InChI is InChI=1S/C14H15/c1-2-6-10-13(9-5-1)14-11-7-3-4-8-12-14/h1-5,9,11H,6-8,12H2. The zero-order chi connectivity index (χ0) is 9.64. The Bertz CT molecular complexity index is 335. The molecule has 14 heavy (non-hydrogen) atoms. The van der Waals surface area contributed by atoms with Crippen molar-refractivity contribution >= 4 is 0 Å². The minimum atomic E-state index is 0.938. The normalized spacial score (nSPS) is 21.1. The summed E-state index contributed by atoms with van der Waals surface area (Å²) in [4.78, 5) is 0. The SMILES string of the molecule is [C]1=C(C2=CCC=CCC2)C=CC=CC1. The summed E-state index contributed by atoms with van der Waals surface area (Å²) >= 11 is 0. The molecule has 0 spiro atoms. The van der Waals surface area contributed by atoms with Crippen LogP contribution in [0.4, 0.5) is 0 Å². The van der Waals surface area contributed by atoms with Gasteiger partial charge in [0.15, 0.2) is 0 Å². The van der Waals surface area contributed by atoms with Crippen LogP contribution in [0.3, 0.4) is 0 Å². The second kappa shape index (κ2) is 4.80. The molecule has 0 unspecified atom stereocenters. The largest absolute Gasteiger partial charge is 0.0879 e. The van der Waals surface area contributed by atoms with Crippen molar-refractivity contribution < 1.29 is 0 Å². The summed E-state index contributed by atoms with van der Waals surface area (Å²) in [5, 5.41) is 0. The van der Waals surface area contributed by atoms with Crippen LogP contribution in [0.1, 0.15) is 25.7 Å². The molecule has 0 saturated heterocycles. The van der Waals surface area contributed by atoms with Gasteiger partial charge in [0, 0.05) is 0 Å². The highest BCUT2D eigenvalue weighted by Crippen LogP contribution is 2.22. The smallest absolute Gasteiger partial charge is 0.00852 e. The van der Waals surface area contributed by atoms with Gasteiger partial charge in [-0.2, -0.15) is 0 Å². The summed E-state index contributed by atoms with van der Waals surface area (Å²) in [6.07, 6.45) is 23.1. The van der Waals surface area contributed by atoms with Crippen LogP contribution in [0.15, 0.2) is 53.7 Å². The van der Waals surface area contributed by atoms with Gasteiger partial charge in [0.05, 0.1) is 0 Å². The zero-order valence-electron chi connectivity index (χ0n) is 8.37. The van der Waals surface area contributed by atoms with Crippen LogP contribution in [0, 0.1) is 6.08 Å². The highest BCUT2D eigenvalue weighted by molar-refractivity contribution is 5.41. The lowest BCUT2D eigenvalue weighted by molar-refractivity contribution is 0.996. The molecule has 0 fully saturated rings. The predicted octanol–water partition coefficient (Wildman–Crippen LogP) is 3.90. The molecule has 0 aromatic rings. The summed E-state index contributed by atoms with van der Waals surface area (Å²) in [7, 11) is 0. The minimum absolute atomic E-state index is 0.938. The molecule has 0 atom stereocenters. The van der Waals surface area contributed by atoms with Gasteiger partial charge in [-0.1, -0.05) is 42.5 Å². The van der Waals surface area contributed by atoms with Gasteiger partial charge in [-0.05, 0) is 42.9 Å². The number of hydrogen-bond donors (Lipinski definition) is 0. The van der Waals surface area contributed by atoms with Gasteiger partial charge < -0.3 is 0 Å². The second-order valence-corrected chi connectivity index (χ2v) is 3.56. The van der Waals surface area contributed by atoms with Crippen LogP contribution >= 0.6 is 0 Å². The maximum absolute atomic E-state index is 3.43. The molecule has 2 rings (SSSR count). The third kappa shape index (κ3) is 2.35. The Kier molecular flexibility index (Phi) is 3.18. The molecule has 0 heterocycles. The monoisotopic (exact) mass is 183 g/mol. The molecule has 0 heteroatoms. The van der Waals surface area contributed by atoms with Crippen molar-refractivity contribution in [3.63, 3.8) is 0 Å². The quantitative estimate of drug-likeness (QED) is 0.541. The number of allylic oxidation sites excluding steroid dienone is 10. The van der Waals surface area contributed by atoms with Crippen LogP contribution < -0.4 is 0 Å². The van der Waals surface area contributed by atoms with E-state index in [4.69, 9.17) is 0 Å². The van der Waals surface area contributed by atoms with E-state index in [-0.39, 0.29) is 0 Å². The van der Waals surface area contributed by atoms with Crippen LogP contribution in [0.2, 0.25) is 0 Å². The van der Waals surface area contributed by atoms with E-state index in [1.165, 1.54) is 11.1 Å². The lowest BCUT2D eigenvalue weighted by Crippen LogP contribution is -1.86. The molecule has 0 aromatic heterocycles. The molecule has 0 N–H and O–H groups in total. The Balaban J connectivity index is 2.14. The molecular formula is C14H15. The van der Waals surface area contributed by atoms with E-state index in [1.54, 1.807) is 0 Å². The molecule has 2 aliphatic rings. The van der Waals surface area contributed by atoms with Crippen LogP contribution in [-0.4, -0.2) is 0 Å². The van der Waals surface area contributed by atoms with E-state index in [9.17, 15) is 0 Å². The molecule has 0 bridgehead atoms. The molecule has 2 aliphatic carbocycles. The Hall–Kier alpha value is -1.30. The average molecular weight is 183 g/mol. The fraction of sp³-hybridized carbons (Fsp3) is 0.286. The molecular weight excluding hydrogens is 168 g/mol. The van der Waals surface area contributed by atoms with Gasteiger partial charge >= 0.3 is 0 Å². The maximum atomic E-state index is 3.43. The Morgan fingerprint density at radius 1 is 1.07 bits per heavy atom. The highest BCUT2D eigenvalue weighted by atomic mass is 14.1. The molecule has 0 nitrogen and oxygen atoms in total. The van der Waals surface area contributed by atoms with Gasteiger partial charge in [-0.25, -0.2) is 0 Å². The summed E-state index contributed by atoms with van der Waals surface area (Å²) in [5.74, 6) is 0. The lowest BCUT2D eigenvalue weighted by Gasteiger charge is -2.05. The molecule has 71 valence electrons. The number of rotatable bonds is 1. The molecule has 0 amide bonds. The Morgan fingerprint density at radius 3 is 3.07 bits per heavy atom. The van der Waals surface area contributed by atoms with Crippen LogP contribution in [0.5, 0.6) is 0 Å². The van der Waals surface area contributed by atoms with Crippen LogP contribution in [0.25, 0.3) is 0 Å². The van der Waals surface area contributed by atoms with Crippen molar-refractivity contribution in [3.05, 3.63) is 59.8 Å². The van der Waals surface area contributed by atoms with E-state index in [0.29, 0.717) is 0 Å². The summed E-state index contributed by atoms with van der Waals surface area (Å²) in [6, 6.07) is 0. The minimum Gasteiger partial charge on any atom is -0.0879 e. The van der Waals surface area contributed by atoms with E-state index in [1.807, 2.05) is 0 Å². The van der Waals surface area contributed by atoms with Gasteiger partial charge in [-0.15, -0.1) is 0 Å². The van der Waals surface area contributed by atoms with Gasteiger partial charge in [0.25, 0.3) is 0 Å². The molecule has 0 saturated carbocycles.